The van der Waals surface area contributed by atoms with Crippen molar-refractivity contribution in [2.75, 3.05) is 32.8 Å². The molecule has 3 heterocycles. The Morgan fingerprint density at radius 3 is 2.95 bits per heavy atom. The van der Waals surface area contributed by atoms with Gasteiger partial charge in [-0.2, -0.15) is 0 Å². The Morgan fingerprint density at radius 2 is 2.18 bits per heavy atom. The highest BCUT2D eigenvalue weighted by molar-refractivity contribution is 7.10. The van der Waals surface area contributed by atoms with E-state index in [-0.39, 0.29) is 6.10 Å². The Bertz CT molecular complexity index is 530. The summed E-state index contributed by atoms with van der Waals surface area (Å²) in [6, 6.07) is 8.22. The monoisotopic (exact) mass is 339 g/mol. The van der Waals surface area contributed by atoms with Crippen molar-refractivity contribution in [2.45, 2.75) is 18.8 Å². The van der Waals surface area contributed by atoms with Gasteiger partial charge >= 0.3 is 0 Å². The molecule has 2 unspecified atom stereocenters. The van der Waals surface area contributed by atoms with Crippen LogP contribution in [0.1, 0.15) is 15.9 Å². The van der Waals surface area contributed by atoms with Gasteiger partial charge in [-0.05, 0) is 22.9 Å². The van der Waals surface area contributed by atoms with Gasteiger partial charge in [-0.3, -0.25) is 4.90 Å². The molecule has 120 valence electrons. The van der Waals surface area contributed by atoms with Gasteiger partial charge in [-0.15, -0.1) is 22.7 Å². The minimum Gasteiger partial charge on any atom is -0.389 e. The number of hydrogen-bond acceptors (Lipinski definition) is 6. The van der Waals surface area contributed by atoms with E-state index in [2.05, 4.69) is 22.4 Å². The van der Waals surface area contributed by atoms with Crippen molar-refractivity contribution in [2.24, 2.45) is 0 Å². The molecule has 4 nitrogen and oxygen atoms in total. The maximum Gasteiger partial charge on any atom is 0.104 e. The highest BCUT2D eigenvalue weighted by Gasteiger charge is 2.24. The van der Waals surface area contributed by atoms with Crippen LogP contribution in [0.5, 0.6) is 0 Å². The van der Waals surface area contributed by atoms with Gasteiger partial charge in [-0.25, -0.2) is 0 Å². The molecule has 0 aromatic carbocycles. The first kappa shape index (κ1) is 16.1. The van der Waals surface area contributed by atoms with Crippen molar-refractivity contribution in [3.8, 4) is 0 Å². The normalized spacial score (nSPS) is 21.0. The van der Waals surface area contributed by atoms with Crippen LogP contribution in [0.3, 0.4) is 0 Å². The van der Waals surface area contributed by atoms with Crippen molar-refractivity contribution in [3.63, 3.8) is 0 Å². The van der Waals surface area contributed by atoms with E-state index >= 15 is 0 Å². The summed E-state index contributed by atoms with van der Waals surface area (Å²) in [6.45, 7) is 4.00. The number of rotatable bonds is 7. The van der Waals surface area contributed by atoms with Gasteiger partial charge < -0.3 is 14.6 Å². The molecular formula is C16H21NO3S2. The average Bonchev–Trinajstić information content (AvgIpc) is 3.21. The first-order chi connectivity index (χ1) is 10.8. The second-order valence-corrected chi connectivity index (χ2v) is 7.39. The average molecular weight is 339 g/mol. The quantitative estimate of drug-likeness (QED) is 0.842. The van der Waals surface area contributed by atoms with E-state index in [1.807, 2.05) is 17.5 Å². The largest absolute Gasteiger partial charge is 0.389 e. The summed E-state index contributed by atoms with van der Waals surface area (Å²) in [5.74, 6) is 0. The molecule has 1 fully saturated rings. The van der Waals surface area contributed by atoms with Gasteiger partial charge in [-0.1, -0.05) is 12.1 Å². The lowest BCUT2D eigenvalue weighted by molar-refractivity contribution is -0.0522. The van der Waals surface area contributed by atoms with E-state index in [1.165, 1.54) is 9.75 Å². The number of morpholine rings is 1. The van der Waals surface area contributed by atoms with Gasteiger partial charge in [0.05, 0.1) is 25.9 Å². The van der Waals surface area contributed by atoms with Gasteiger partial charge in [0.2, 0.25) is 0 Å². The molecular weight excluding hydrogens is 318 g/mol. The van der Waals surface area contributed by atoms with Crippen LogP contribution < -0.4 is 0 Å². The summed E-state index contributed by atoms with van der Waals surface area (Å²) in [6.07, 6.45) is -0.324. The topological polar surface area (TPSA) is 41.9 Å². The van der Waals surface area contributed by atoms with E-state index in [1.54, 1.807) is 22.7 Å². The van der Waals surface area contributed by atoms with E-state index in [4.69, 9.17) is 9.47 Å². The van der Waals surface area contributed by atoms with Crippen LogP contribution in [-0.4, -0.2) is 49.0 Å². The fourth-order valence-electron chi connectivity index (χ4n) is 2.56. The van der Waals surface area contributed by atoms with Gasteiger partial charge in [0.25, 0.3) is 0 Å². The van der Waals surface area contributed by atoms with Gasteiger partial charge in [0.15, 0.2) is 0 Å². The number of ether oxygens (including phenoxy) is 2. The number of aliphatic hydroxyl groups excluding tert-OH is 1. The lowest BCUT2D eigenvalue weighted by Gasteiger charge is -2.33. The lowest BCUT2D eigenvalue weighted by Crippen LogP contribution is -2.43. The van der Waals surface area contributed by atoms with E-state index in [0.29, 0.717) is 26.4 Å². The van der Waals surface area contributed by atoms with E-state index < -0.39 is 6.10 Å². The summed E-state index contributed by atoms with van der Waals surface area (Å²) in [4.78, 5) is 4.71. The van der Waals surface area contributed by atoms with Crippen molar-refractivity contribution >= 4 is 22.7 Å². The second-order valence-electron chi connectivity index (χ2n) is 5.38. The third kappa shape index (κ3) is 4.62. The molecule has 1 saturated heterocycles. The van der Waals surface area contributed by atoms with Crippen LogP contribution in [0, 0.1) is 0 Å². The molecule has 1 aliphatic rings. The predicted molar refractivity (Wildman–Crippen MR) is 89.4 cm³/mol. The summed E-state index contributed by atoms with van der Waals surface area (Å²) in [5, 5.41) is 14.3. The molecule has 0 spiro atoms. The third-order valence-electron chi connectivity index (χ3n) is 3.61. The molecule has 3 rings (SSSR count). The van der Waals surface area contributed by atoms with Crippen molar-refractivity contribution in [3.05, 3.63) is 44.8 Å². The van der Waals surface area contributed by atoms with Crippen LogP contribution in [-0.2, 0) is 16.1 Å². The zero-order valence-corrected chi connectivity index (χ0v) is 14.0. The summed E-state index contributed by atoms with van der Waals surface area (Å²) in [7, 11) is 0. The SMILES string of the molecule is OC(COCc1cccs1)CN1CCOC(c2cccs2)C1. The second kappa shape index (κ2) is 8.19. The number of nitrogens with zero attached hydrogens (tertiary/aromatic N) is 1. The van der Waals surface area contributed by atoms with Crippen molar-refractivity contribution in [1.82, 2.24) is 4.90 Å². The molecule has 0 radical (unpaired) electrons. The van der Waals surface area contributed by atoms with E-state index in [9.17, 15) is 5.11 Å². The maximum atomic E-state index is 10.1. The standard InChI is InChI=1S/C16H21NO3S2/c18-13(11-19-12-14-3-1-7-21-14)9-17-5-6-20-15(10-17)16-4-2-8-22-16/h1-4,7-8,13,15,18H,5-6,9-12H2. The molecule has 2 aromatic heterocycles. The molecule has 0 aliphatic carbocycles. The molecule has 2 atom stereocenters. The summed E-state index contributed by atoms with van der Waals surface area (Å²) >= 11 is 3.40. The number of thiophene rings is 2. The zero-order chi connectivity index (χ0) is 15.2. The van der Waals surface area contributed by atoms with Crippen molar-refractivity contribution < 1.29 is 14.6 Å². The fraction of sp³-hybridized carbons (Fsp3) is 0.500. The van der Waals surface area contributed by atoms with Gasteiger partial charge in [0, 0.05) is 29.4 Å². The number of hydrogen-bond donors (Lipinski definition) is 1. The highest BCUT2D eigenvalue weighted by Crippen LogP contribution is 2.26. The minimum atomic E-state index is -0.456. The molecule has 22 heavy (non-hydrogen) atoms. The molecule has 1 N–H and O–H groups in total. The molecule has 0 amide bonds. The molecule has 1 aliphatic heterocycles. The van der Waals surface area contributed by atoms with Crippen LogP contribution >= 0.6 is 22.7 Å². The Hall–Kier alpha value is -0.760. The fourth-order valence-corrected chi connectivity index (χ4v) is 3.96. The van der Waals surface area contributed by atoms with Crippen LogP contribution in [0.2, 0.25) is 0 Å². The van der Waals surface area contributed by atoms with Crippen LogP contribution in [0.25, 0.3) is 0 Å². The Balaban J connectivity index is 1.40. The highest BCUT2D eigenvalue weighted by atomic mass is 32.1. The molecule has 2 aromatic rings. The smallest absolute Gasteiger partial charge is 0.104 e. The first-order valence-electron chi connectivity index (χ1n) is 7.47. The zero-order valence-electron chi connectivity index (χ0n) is 12.4. The number of aliphatic hydroxyl groups is 1. The summed E-state index contributed by atoms with van der Waals surface area (Å²) in [5.41, 5.74) is 0. The van der Waals surface area contributed by atoms with E-state index in [0.717, 1.165) is 13.1 Å². The number of β-amino-alcohol motifs (C(OH)–C–C–N with tert-alkyl or cyclic N) is 1. The summed E-state index contributed by atoms with van der Waals surface area (Å²) < 4.78 is 11.4. The van der Waals surface area contributed by atoms with Crippen LogP contribution in [0.15, 0.2) is 35.0 Å². The van der Waals surface area contributed by atoms with Crippen molar-refractivity contribution in [1.29, 1.82) is 0 Å². The van der Waals surface area contributed by atoms with Crippen LogP contribution in [0.4, 0.5) is 0 Å². The molecule has 6 heteroatoms. The Kier molecular flexibility index (Phi) is 6.00. The lowest BCUT2D eigenvalue weighted by atomic mass is 10.2. The first-order valence-corrected chi connectivity index (χ1v) is 9.23. The Labute approximate surface area is 138 Å². The molecule has 0 bridgehead atoms. The maximum absolute atomic E-state index is 10.1. The predicted octanol–water partition coefficient (Wildman–Crippen LogP) is 2.76. The Morgan fingerprint density at radius 1 is 1.32 bits per heavy atom. The molecule has 0 saturated carbocycles. The minimum absolute atomic E-state index is 0.132. The van der Waals surface area contributed by atoms with Gasteiger partial charge in [0.1, 0.15) is 6.10 Å². The third-order valence-corrected chi connectivity index (χ3v) is 5.43.